The molecule has 2 nitrogen and oxygen atoms in total. The summed E-state index contributed by atoms with van der Waals surface area (Å²) in [7, 11) is 1.79. The van der Waals surface area contributed by atoms with Crippen LogP contribution >= 0.6 is 38.9 Å². The van der Waals surface area contributed by atoms with Crippen molar-refractivity contribution < 1.29 is 4.79 Å². The first-order chi connectivity index (χ1) is 8.99. The Morgan fingerprint density at radius 3 is 2.74 bits per heavy atom. The molecule has 0 spiro atoms. The minimum absolute atomic E-state index is 0.0645. The van der Waals surface area contributed by atoms with E-state index in [-0.39, 0.29) is 5.91 Å². The molecule has 19 heavy (non-hydrogen) atoms. The molecule has 0 unspecified atom stereocenters. The molecule has 0 aliphatic carbocycles. The van der Waals surface area contributed by atoms with Crippen molar-refractivity contribution in [3.63, 3.8) is 0 Å². The van der Waals surface area contributed by atoms with Crippen molar-refractivity contribution in [1.29, 1.82) is 0 Å². The molecule has 0 saturated carbocycles. The SMILES string of the molecule is Cc1ccsc1CN(C)C(=O)c1ccc(Br)cc1Cl. The maximum absolute atomic E-state index is 12.3. The zero-order valence-corrected chi connectivity index (χ0v) is 13.8. The highest BCUT2D eigenvalue weighted by atomic mass is 79.9. The molecule has 1 heterocycles. The maximum atomic E-state index is 12.3. The molecule has 0 fully saturated rings. The molecule has 5 heteroatoms. The number of halogens is 2. The quantitative estimate of drug-likeness (QED) is 0.775. The van der Waals surface area contributed by atoms with Crippen LogP contribution in [0.5, 0.6) is 0 Å². The lowest BCUT2D eigenvalue weighted by atomic mass is 10.2. The van der Waals surface area contributed by atoms with Gasteiger partial charge in [0, 0.05) is 16.4 Å². The van der Waals surface area contributed by atoms with E-state index >= 15 is 0 Å². The average molecular weight is 359 g/mol. The number of rotatable bonds is 3. The summed E-state index contributed by atoms with van der Waals surface area (Å²) >= 11 is 11.1. The Hall–Kier alpha value is -0.840. The van der Waals surface area contributed by atoms with E-state index in [0.717, 1.165) is 4.47 Å². The third-order valence-electron chi connectivity index (χ3n) is 2.86. The van der Waals surface area contributed by atoms with Crippen LogP contribution in [0.1, 0.15) is 20.8 Å². The summed E-state index contributed by atoms with van der Waals surface area (Å²) in [6, 6.07) is 7.36. The normalized spacial score (nSPS) is 10.5. The molecule has 0 aliphatic heterocycles. The van der Waals surface area contributed by atoms with Gasteiger partial charge in [0.2, 0.25) is 0 Å². The fraction of sp³-hybridized carbons (Fsp3) is 0.214. The average Bonchev–Trinajstić information content (AvgIpc) is 2.74. The summed E-state index contributed by atoms with van der Waals surface area (Å²) in [6.07, 6.45) is 0. The molecule has 0 bridgehead atoms. The molecule has 100 valence electrons. The van der Waals surface area contributed by atoms with E-state index in [1.54, 1.807) is 35.4 Å². The first-order valence-corrected chi connectivity index (χ1v) is 7.77. The largest absolute Gasteiger partial charge is 0.337 e. The second kappa shape index (κ2) is 6.07. The molecule has 0 radical (unpaired) electrons. The van der Waals surface area contributed by atoms with Gasteiger partial charge in [-0.05, 0) is 42.1 Å². The summed E-state index contributed by atoms with van der Waals surface area (Å²) < 4.78 is 0.866. The monoisotopic (exact) mass is 357 g/mol. The third kappa shape index (κ3) is 3.38. The molecule has 1 aromatic carbocycles. The number of benzene rings is 1. The highest BCUT2D eigenvalue weighted by Gasteiger charge is 2.16. The summed E-state index contributed by atoms with van der Waals surface area (Å²) in [6.45, 7) is 2.66. The van der Waals surface area contributed by atoms with Crippen LogP contribution in [-0.2, 0) is 6.54 Å². The van der Waals surface area contributed by atoms with E-state index in [4.69, 9.17) is 11.6 Å². The van der Waals surface area contributed by atoms with Crippen LogP contribution < -0.4 is 0 Å². The summed E-state index contributed by atoms with van der Waals surface area (Å²) in [4.78, 5) is 15.2. The molecule has 1 aromatic heterocycles. The molecular weight excluding hydrogens is 346 g/mol. The Morgan fingerprint density at radius 2 is 2.16 bits per heavy atom. The lowest BCUT2D eigenvalue weighted by molar-refractivity contribution is 0.0786. The highest BCUT2D eigenvalue weighted by Crippen LogP contribution is 2.24. The minimum atomic E-state index is -0.0645. The van der Waals surface area contributed by atoms with Gasteiger partial charge in [0.1, 0.15) is 0 Å². The molecule has 1 amide bonds. The Labute approximate surface area is 130 Å². The number of thiophene rings is 1. The molecule has 0 atom stereocenters. The molecule has 2 aromatic rings. The predicted molar refractivity (Wildman–Crippen MR) is 84.0 cm³/mol. The number of carbonyl (C=O) groups is 1. The van der Waals surface area contributed by atoms with Crippen LogP contribution in [-0.4, -0.2) is 17.9 Å². The van der Waals surface area contributed by atoms with Crippen molar-refractivity contribution >= 4 is 44.8 Å². The van der Waals surface area contributed by atoms with Gasteiger partial charge in [0.25, 0.3) is 5.91 Å². The Balaban J connectivity index is 2.17. The van der Waals surface area contributed by atoms with Gasteiger partial charge < -0.3 is 4.90 Å². The number of amides is 1. The summed E-state index contributed by atoms with van der Waals surface area (Å²) in [5.74, 6) is -0.0645. The highest BCUT2D eigenvalue weighted by molar-refractivity contribution is 9.10. The smallest absolute Gasteiger partial charge is 0.255 e. The second-order valence-electron chi connectivity index (χ2n) is 4.31. The predicted octanol–water partition coefficient (Wildman–Crippen LogP) is 4.74. The van der Waals surface area contributed by atoms with E-state index in [1.807, 2.05) is 11.4 Å². The second-order valence-corrected chi connectivity index (χ2v) is 6.64. The van der Waals surface area contributed by atoms with Crippen LogP contribution in [0, 0.1) is 6.92 Å². The lowest BCUT2D eigenvalue weighted by Crippen LogP contribution is -2.26. The van der Waals surface area contributed by atoms with Crippen LogP contribution in [0.4, 0.5) is 0 Å². The first kappa shape index (κ1) is 14.6. The molecule has 2 rings (SSSR count). The minimum Gasteiger partial charge on any atom is -0.337 e. The Morgan fingerprint density at radius 1 is 1.42 bits per heavy atom. The topological polar surface area (TPSA) is 20.3 Å². The fourth-order valence-electron chi connectivity index (χ4n) is 1.72. The van der Waals surface area contributed by atoms with E-state index in [0.29, 0.717) is 17.1 Å². The van der Waals surface area contributed by atoms with Crippen molar-refractivity contribution in [1.82, 2.24) is 4.90 Å². The standard InChI is InChI=1S/C14H13BrClNOS/c1-9-5-6-19-13(9)8-17(2)14(18)11-4-3-10(15)7-12(11)16/h3-7H,8H2,1-2H3. The first-order valence-electron chi connectivity index (χ1n) is 5.72. The van der Waals surface area contributed by atoms with Crippen LogP contribution in [0.15, 0.2) is 34.1 Å². The van der Waals surface area contributed by atoms with Gasteiger partial charge in [-0.25, -0.2) is 0 Å². The van der Waals surface area contributed by atoms with Crippen molar-refractivity contribution in [3.05, 3.63) is 55.1 Å². The van der Waals surface area contributed by atoms with Crippen LogP contribution in [0.3, 0.4) is 0 Å². The maximum Gasteiger partial charge on any atom is 0.255 e. The zero-order chi connectivity index (χ0) is 14.0. The van der Waals surface area contributed by atoms with Crippen LogP contribution in [0.25, 0.3) is 0 Å². The van der Waals surface area contributed by atoms with Gasteiger partial charge >= 0.3 is 0 Å². The summed E-state index contributed by atoms with van der Waals surface area (Å²) in [5, 5.41) is 2.50. The van der Waals surface area contributed by atoms with E-state index in [1.165, 1.54) is 10.4 Å². The number of carbonyl (C=O) groups excluding carboxylic acids is 1. The molecule has 0 N–H and O–H groups in total. The van der Waals surface area contributed by atoms with Crippen molar-refractivity contribution in [2.24, 2.45) is 0 Å². The Kier molecular flexibility index (Phi) is 4.66. The third-order valence-corrected chi connectivity index (χ3v) is 4.67. The molecular formula is C14H13BrClNOS. The van der Waals surface area contributed by atoms with Crippen LogP contribution in [0.2, 0.25) is 5.02 Å². The van der Waals surface area contributed by atoms with E-state index < -0.39 is 0 Å². The van der Waals surface area contributed by atoms with Gasteiger partial charge in [0.05, 0.1) is 17.1 Å². The van der Waals surface area contributed by atoms with E-state index in [9.17, 15) is 4.79 Å². The van der Waals surface area contributed by atoms with Gasteiger partial charge in [-0.1, -0.05) is 27.5 Å². The number of nitrogens with zero attached hydrogens (tertiary/aromatic N) is 1. The molecule has 0 saturated heterocycles. The number of aryl methyl sites for hydroxylation is 1. The Bertz CT molecular complexity index is 611. The van der Waals surface area contributed by atoms with E-state index in [2.05, 4.69) is 28.9 Å². The van der Waals surface area contributed by atoms with Gasteiger partial charge in [-0.3, -0.25) is 4.79 Å². The fourth-order valence-corrected chi connectivity index (χ4v) is 3.43. The zero-order valence-electron chi connectivity index (χ0n) is 10.6. The molecule has 0 aliphatic rings. The number of hydrogen-bond donors (Lipinski definition) is 0. The number of hydrogen-bond acceptors (Lipinski definition) is 2. The van der Waals surface area contributed by atoms with Crippen molar-refractivity contribution in [3.8, 4) is 0 Å². The summed E-state index contributed by atoms with van der Waals surface area (Å²) in [5.41, 5.74) is 1.74. The van der Waals surface area contributed by atoms with Gasteiger partial charge in [-0.15, -0.1) is 11.3 Å². The lowest BCUT2D eigenvalue weighted by Gasteiger charge is -2.17. The van der Waals surface area contributed by atoms with Crippen molar-refractivity contribution in [2.75, 3.05) is 7.05 Å². The van der Waals surface area contributed by atoms with Gasteiger partial charge in [0.15, 0.2) is 0 Å². The van der Waals surface area contributed by atoms with Gasteiger partial charge in [-0.2, -0.15) is 0 Å². The van der Waals surface area contributed by atoms with Crippen molar-refractivity contribution in [2.45, 2.75) is 13.5 Å².